The van der Waals surface area contributed by atoms with Crippen LogP contribution in [0, 0.1) is 11.7 Å². The maximum atomic E-state index is 13.0. The lowest BCUT2D eigenvalue weighted by atomic mass is 10.1. The maximum absolute atomic E-state index is 13.0. The maximum Gasteiger partial charge on any atom is 0.194 e. The molecule has 0 spiro atoms. The smallest absolute Gasteiger partial charge is 0.194 e. The van der Waals surface area contributed by atoms with Crippen LogP contribution in [0.1, 0.15) is 34.1 Å². The monoisotopic (exact) mass is 378 g/mol. The number of benzene rings is 1. The van der Waals surface area contributed by atoms with Gasteiger partial charge in [-0.15, -0.1) is 0 Å². The molecular formula is C21H35FN4O. The number of halogens is 1. The van der Waals surface area contributed by atoms with Gasteiger partial charge in [-0.05, 0) is 63.5 Å². The molecule has 152 valence electrons. The lowest BCUT2D eigenvalue weighted by Gasteiger charge is -2.24. The molecule has 0 bridgehead atoms. The van der Waals surface area contributed by atoms with E-state index in [1.54, 1.807) is 12.1 Å². The Morgan fingerprint density at radius 1 is 1.30 bits per heavy atom. The van der Waals surface area contributed by atoms with Crippen molar-refractivity contribution in [2.45, 2.75) is 40.2 Å². The van der Waals surface area contributed by atoms with Crippen LogP contribution in [0.2, 0.25) is 0 Å². The number of nitrogens with zero attached hydrogens (tertiary/aromatic N) is 3. The molecule has 0 amide bonds. The molecule has 1 N–H and O–H groups in total. The number of nitrogens with one attached hydrogen (secondary N) is 1. The van der Waals surface area contributed by atoms with E-state index in [2.05, 4.69) is 35.9 Å². The fourth-order valence-corrected chi connectivity index (χ4v) is 3.44. The predicted octanol–water partition coefficient (Wildman–Crippen LogP) is 3.22. The first kappa shape index (κ1) is 21.5. The van der Waals surface area contributed by atoms with Crippen LogP contribution in [0.15, 0.2) is 29.3 Å². The summed E-state index contributed by atoms with van der Waals surface area (Å²) in [7, 11) is 0. The van der Waals surface area contributed by atoms with Crippen molar-refractivity contribution < 1.29 is 9.13 Å². The first-order valence-corrected chi connectivity index (χ1v) is 10.2. The third-order valence-corrected chi connectivity index (χ3v) is 4.98. The van der Waals surface area contributed by atoms with Gasteiger partial charge < -0.3 is 19.9 Å². The minimum atomic E-state index is -0.254. The highest BCUT2D eigenvalue weighted by Crippen LogP contribution is 2.18. The molecular weight excluding hydrogens is 343 g/mol. The molecule has 0 radical (unpaired) electrons. The molecule has 6 heteroatoms. The Labute approximate surface area is 163 Å². The van der Waals surface area contributed by atoms with Gasteiger partial charge in [0.05, 0.1) is 6.54 Å². The van der Waals surface area contributed by atoms with E-state index in [4.69, 9.17) is 9.73 Å². The van der Waals surface area contributed by atoms with Gasteiger partial charge in [0.2, 0.25) is 0 Å². The van der Waals surface area contributed by atoms with E-state index in [1.165, 1.54) is 18.6 Å². The van der Waals surface area contributed by atoms with Gasteiger partial charge in [0, 0.05) is 26.2 Å². The Morgan fingerprint density at radius 2 is 2.00 bits per heavy atom. The fraction of sp³-hybridized carbons (Fsp3) is 0.667. The normalized spacial score (nSPS) is 18.8. The summed E-state index contributed by atoms with van der Waals surface area (Å²) in [5, 5.41) is 3.41. The van der Waals surface area contributed by atoms with Crippen molar-refractivity contribution in [3.8, 4) is 5.75 Å². The molecule has 2 unspecified atom stereocenters. The third-order valence-electron chi connectivity index (χ3n) is 4.98. The van der Waals surface area contributed by atoms with E-state index in [1.807, 2.05) is 6.92 Å². The number of aliphatic imine (C=N–C) groups is 1. The van der Waals surface area contributed by atoms with Crippen LogP contribution in [0.5, 0.6) is 5.75 Å². The predicted molar refractivity (Wildman–Crippen MR) is 110 cm³/mol. The van der Waals surface area contributed by atoms with Gasteiger partial charge >= 0.3 is 0 Å². The van der Waals surface area contributed by atoms with Gasteiger partial charge in [0.25, 0.3) is 0 Å². The van der Waals surface area contributed by atoms with Crippen molar-refractivity contribution in [3.05, 3.63) is 30.1 Å². The minimum Gasteiger partial charge on any atom is -0.489 e. The highest BCUT2D eigenvalue weighted by Gasteiger charge is 2.26. The van der Waals surface area contributed by atoms with Gasteiger partial charge in [-0.3, -0.25) is 0 Å². The van der Waals surface area contributed by atoms with Crippen LogP contribution in [0.25, 0.3) is 0 Å². The molecule has 5 nitrogen and oxygen atoms in total. The molecule has 0 aliphatic carbocycles. The van der Waals surface area contributed by atoms with Crippen molar-refractivity contribution >= 4 is 5.96 Å². The van der Waals surface area contributed by atoms with Crippen molar-refractivity contribution in [2.24, 2.45) is 10.9 Å². The quantitative estimate of drug-likeness (QED) is 0.529. The highest BCUT2D eigenvalue weighted by molar-refractivity contribution is 5.80. The largest absolute Gasteiger partial charge is 0.489 e. The zero-order valence-electron chi connectivity index (χ0n) is 17.2. The van der Waals surface area contributed by atoms with Gasteiger partial charge in [-0.25, -0.2) is 9.38 Å². The van der Waals surface area contributed by atoms with Crippen molar-refractivity contribution in [2.75, 3.05) is 45.8 Å². The summed E-state index contributed by atoms with van der Waals surface area (Å²) in [6.45, 7) is 15.4. The second kappa shape index (κ2) is 11.1. The molecule has 0 aromatic heterocycles. The van der Waals surface area contributed by atoms with Crippen LogP contribution < -0.4 is 10.1 Å². The molecule has 1 aliphatic rings. The van der Waals surface area contributed by atoms with E-state index in [-0.39, 0.29) is 11.9 Å². The summed E-state index contributed by atoms with van der Waals surface area (Å²) in [6.07, 6.45) is 1.14. The summed E-state index contributed by atoms with van der Waals surface area (Å²) < 4.78 is 18.8. The number of ether oxygens (including phenoxy) is 1. The standard InChI is InChI=1S/C21H35FN4O/c1-5-23-21(26-13-12-18(16-26)15-25(6-2)7-3)24-14-17(4)27-20-10-8-19(22)9-11-20/h8-11,17-18H,5-7,12-16H2,1-4H3,(H,23,24). The molecule has 1 fully saturated rings. The van der Waals surface area contributed by atoms with Crippen molar-refractivity contribution in [1.29, 1.82) is 0 Å². The topological polar surface area (TPSA) is 40.1 Å². The summed E-state index contributed by atoms with van der Waals surface area (Å²) >= 11 is 0. The van der Waals surface area contributed by atoms with Gasteiger partial charge in [0.15, 0.2) is 5.96 Å². The third kappa shape index (κ3) is 7.01. The summed E-state index contributed by atoms with van der Waals surface area (Å²) in [4.78, 5) is 9.64. The van der Waals surface area contributed by atoms with Gasteiger partial charge in [0.1, 0.15) is 17.7 Å². The minimum absolute atomic E-state index is 0.0711. The van der Waals surface area contributed by atoms with Crippen molar-refractivity contribution in [1.82, 2.24) is 15.1 Å². The van der Waals surface area contributed by atoms with E-state index >= 15 is 0 Å². The summed E-state index contributed by atoms with van der Waals surface area (Å²) in [6, 6.07) is 6.13. The average molecular weight is 379 g/mol. The second-order valence-electron chi connectivity index (χ2n) is 7.16. The summed E-state index contributed by atoms with van der Waals surface area (Å²) in [5.41, 5.74) is 0. The zero-order valence-corrected chi connectivity index (χ0v) is 17.2. The molecule has 2 atom stereocenters. The fourth-order valence-electron chi connectivity index (χ4n) is 3.44. The second-order valence-corrected chi connectivity index (χ2v) is 7.16. The number of hydrogen-bond donors (Lipinski definition) is 1. The highest BCUT2D eigenvalue weighted by atomic mass is 19.1. The molecule has 1 aromatic carbocycles. The van der Waals surface area contributed by atoms with Gasteiger partial charge in [-0.1, -0.05) is 13.8 Å². The molecule has 1 saturated heterocycles. The molecule has 2 rings (SSSR count). The Hall–Kier alpha value is -1.82. The first-order valence-electron chi connectivity index (χ1n) is 10.2. The lowest BCUT2D eigenvalue weighted by Crippen LogP contribution is -2.41. The van der Waals surface area contributed by atoms with E-state index in [0.29, 0.717) is 18.2 Å². The van der Waals surface area contributed by atoms with Crippen LogP contribution in [-0.4, -0.2) is 67.7 Å². The van der Waals surface area contributed by atoms with Crippen LogP contribution in [0.3, 0.4) is 0 Å². The number of guanidine groups is 1. The van der Waals surface area contributed by atoms with E-state index in [0.717, 1.165) is 45.2 Å². The molecule has 27 heavy (non-hydrogen) atoms. The Morgan fingerprint density at radius 3 is 2.63 bits per heavy atom. The Bertz CT molecular complexity index is 574. The lowest BCUT2D eigenvalue weighted by molar-refractivity contribution is 0.229. The number of likely N-dealkylation sites (tertiary alicyclic amines) is 1. The van der Waals surface area contributed by atoms with Crippen molar-refractivity contribution in [3.63, 3.8) is 0 Å². The molecule has 0 saturated carbocycles. The average Bonchev–Trinajstić information content (AvgIpc) is 3.13. The molecule has 1 heterocycles. The Balaban J connectivity index is 1.88. The number of rotatable bonds is 9. The SMILES string of the molecule is CCNC(=NCC(C)Oc1ccc(F)cc1)N1CCC(CN(CC)CC)C1. The van der Waals surface area contributed by atoms with E-state index in [9.17, 15) is 4.39 Å². The zero-order chi connectivity index (χ0) is 19.6. The number of hydrogen-bond acceptors (Lipinski definition) is 3. The van der Waals surface area contributed by atoms with Gasteiger partial charge in [-0.2, -0.15) is 0 Å². The van der Waals surface area contributed by atoms with Crippen LogP contribution >= 0.6 is 0 Å². The summed E-state index contributed by atoms with van der Waals surface area (Å²) in [5.74, 6) is 2.08. The van der Waals surface area contributed by atoms with Crippen LogP contribution in [0.4, 0.5) is 4.39 Å². The van der Waals surface area contributed by atoms with Crippen LogP contribution in [-0.2, 0) is 0 Å². The molecule has 1 aromatic rings. The Kier molecular flexibility index (Phi) is 8.85. The molecule has 1 aliphatic heterocycles. The van der Waals surface area contributed by atoms with E-state index < -0.39 is 0 Å². The first-order chi connectivity index (χ1) is 13.0.